The molecule has 3 aliphatic rings. The van der Waals surface area contributed by atoms with Crippen molar-refractivity contribution in [3.8, 4) is 0 Å². The molecule has 2 N–H and O–H groups in total. The van der Waals surface area contributed by atoms with Gasteiger partial charge >= 0.3 is 5.97 Å². The number of carbonyl (C=O) groups excluding carboxylic acids is 5. The minimum atomic E-state index is -0.750. The normalized spacial score (nSPS) is 24.3. The minimum absolute atomic E-state index is 0.149. The third-order valence-electron chi connectivity index (χ3n) is 7.04. The molecule has 10 heteroatoms. The topological polar surface area (TPSA) is 122 Å². The van der Waals surface area contributed by atoms with E-state index in [-0.39, 0.29) is 29.2 Å². The molecule has 2 aliphatic carbocycles. The van der Waals surface area contributed by atoms with E-state index in [4.69, 9.17) is 4.74 Å². The van der Waals surface area contributed by atoms with Crippen LogP contribution >= 0.6 is 15.9 Å². The number of imide groups is 1. The van der Waals surface area contributed by atoms with Crippen molar-refractivity contribution in [2.45, 2.75) is 19.3 Å². The van der Waals surface area contributed by atoms with E-state index < -0.39 is 24.4 Å². The Balaban J connectivity index is 1.13. The molecular weight excluding hydrogens is 518 g/mol. The number of rotatable bonds is 5. The zero-order valence-corrected chi connectivity index (χ0v) is 20.1. The van der Waals surface area contributed by atoms with E-state index in [1.807, 2.05) is 0 Å². The molecule has 2 saturated carbocycles. The van der Waals surface area contributed by atoms with E-state index in [0.717, 1.165) is 23.7 Å². The highest BCUT2D eigenvalue weighted by molar-refractivity contribution is 9.10. The highest BCUT2D eigenvalue weighted by Crippen LogP contribution is 2.56. The second kappa shape index (κ2) is 9.26. The largest absolute Gasteiger partial charge is 0.452 e. The smallest absolute Gasteiger partial charge is 0.338 e. The van der Waals surface area contributed by atoms with E-state index in [2.05, 4.69) is 26.8 Å². The first-order valence-corrected chi connectivity index (χ1v) is 12.1. The van der Waals surface area contributed by atoms with Crippen molar-refractivity contribution >= 4 is 51.2 Å². The average Bonchev–Trinajstić information content (AvgIpc) is 3.55. The number of nitrogens with zero attached hydrogens (tertiary/aromatic N) is 1. The number of amides is 4. The summed E-state index contributed by atoms with van der Waals surface area (Å²) < 4.78 is 5.80. The van der Waals surface area contributed by atoms with Crippen LogP contribution in [0.4, 0.5) is 5.69 Å². The molecule has 1 saturated heterocycles. The molecule has 35 heavy (non-hydrogen) atoms. The Morgan fingerprint density at radius 1 is 0.857 bits per heavy atom. The molecule has 4 amide bonds. The van der Waals surface area contributed by atoms with Crippen LogP contribution in [0.25, 0.3) is 0 Å². The number of benzene rings is 2. The Morgan fingerprint density at radius 2 is 1.43 bits per heavy atom. The molecule has 5 rings (SSSR count). The molecule has 2 aromatic rings. The number of carbonyl (C=O) groups is 5. The average molecular weight is 540 g/mol. The predicted molar refractivity (Wildman–Crippen MR) is 127 cm³/mol. The maximum atomic E-state index is 12.9. The van der Waals surface area contributed by atoms with Gasteiger partial charge in [0.15, 0.2) is 6.61 Å². The quantitative estimate of drug-likeness (QED) is 0.342. The van der Waals surface area contributed by atoms with Crippen molar-refractivity contribution in [1.82, 2.24) is 10.9 Å². The van der Waals surface area contributed by atoms with Gasteiger partial charge in [0.05, 0.1) is 23.1 Å². The van der Waals surface area contributed by atoms with Gasteiger partial charge in [-0.3, -0.25) is 34.9 Å². The summed E-state index contributed by atoms with van der Waals surface area (Å²) in [5.74, 6) is -2.11. The van der Waals surface area contributed by atoms with E-state index in [1.165, 1.54) is 29.2 Å². The highest BCUT2D eigenvalue weighted by Gasteiger charge is 2.61. The maximum Gasteiger partial charge on any atom is 0.338 e. The number of hydrogen-bond acceptors (Lipinski definition) is 6. The molecule has 9 nitrogen and oxygen atoms in total. The Kier molecular flexibility index (Phi) is 6.14. The zero-order valence-electron chi connectivity index (χ0n) is 18.5. The summed E-state index contributed by atoms with van der Waals surface area (Å²) in [6, 6.07) is 12.5. The number of hydrogen-bond donors (Lipinski definition) is 2. The Hall–Kier alpha value is -3.53. The van der Waals surface area contributed by atoms with Crippen molar-refractivity contribution in [2.24, 2.45) is 23.7 Å². The van der Waals surface area contributed by atoms with Crippen LogP contribution in [-0.2, 0) is 19.1 Å². The SMILES string of the molecule is O=C(COC(=O)c1ccc(N2C(=O)[C@@H]3[C@H]4CC[C@@H](C4)[C@H]3C2=O)cc1)NNC(=O)c1ccc(Br)cc1. The summed E-state index contributed by atoms with van der Waals surface area (Å²) in [6.07, 6.45) is 2.98. The van der Waals surface area contributed by atoms with Crippen molar-refractivity contribution in [3.05, 3.63) is 64.1 Å². The molecule has 0 radical (unpaired) electrons. The molecule has 4 atom stereocenters. The second-order valence-corrected chi connectivity index (χ2v) is 9.94. The highest BCUT2D eigenvalue weighted by atomic mass is 79.9. The second-order valence-electron chi connectivity index (χ2n) is 9.03. The van der Waals surface area contributed by atoms with Gasteiger partial charge in [0.25, 0.3) is 11.8 Å². The molecule has 2 aromatic carbocycles. The summed E-state index contributed by atoms with van der Waals surface area (Å²) in [6.45, 7) is -0.601. The van der Waals surface area contributed by atoms with Crippen LogP contribution < -0.4 is 15.8 Å². The van der Waals surface area contributed by atoms with Gasteiger partial charge in [-0.05, 0) is 79.6 Å². The number of nitrogens with one attached hydrogen (secondary N) is 2. The van der Waals surface area contributed by atoms with Crippen LogP contribution in [0.1, 0.15) is 40.0 Å². The Labute approximate surface area is 209 Å². The van der Waals surface area contributed by atoms with Gasteiger partial charge < -0.3 is 4.74 Å². The molecule has 180 valence electrons. The van der Waals surface area contributed by atoms with Gasteiger partial charge in [-0.25, -0.2) is 4.79 Å². The molecular formula is C25H22BrN3O6. The van der Waals surface area contributed by atoms with Gasteiger partial charge in [-0.15, -0.1) is 0 Å². The lowest BCUT2D eigenvalue weighted by Crippen LogP contribution is -2.43. The predicted octanol–water partition coefficient (Wildman–Crippen LogP) is 2.60. The van der Waals surface area contributed by atoms with Crippen LogP contribution in [0.2, 0.25) is 0 Å². The minimum Gasteiger partial charge on any atom is -0.452 e. The first kappa shape index (κ1) is 23.2. The maximum absolute atomic E-state index is 12.9. The van der Waals surface area contributed by atoms with Crippen molar-refractivity contribution in [2.75, 3.05) is 11.5 Å². The van der Waals surface area contributed by atoms with Crippen LogP contribution in [-0.4, -0.2) is 36.2 Å². The van der Waals surface area contributed by atoms with Crippen LogP contribution in [0, 0.1) is 23.7 Å². The first-order valence-electron chi connectivity index (χ1n) is 11.3. The van der Waals surface area contributed by atoms with Crippen molar-refractivity contribution in [3.63, 3.8) is 0 Å². The number of hydrazine groups is 1. The first-order chi connectivity index (χ1) is 16.8. The third-order valence-corrected chi connectivity index (χ3v) is 7.57. The fourth-order valence-corrected chi connectivity index (χ4v) is 5.72. The van der Waals surface area contributed by atoms with Gasteiger partial charge in [0.1, 0.15) is 0 Å². The van der Waals surface area contributed by atoms with E-state index >= 15 is 0 Å². The van der Waals surface area contributed by atoms with Gasteiger partial charge in [0.2, 0.25) is 11.8 Å². The molecule has 1 heterocycles. The van der Waals surface area contributed by atoms with Crippen molar-refractivity contribution in [1.29, 1.82) is 0 Å². The number of fused-ring (bicyclic) bond motifs is 5. The van der Waals surface area contributed by atoms with Gasteiger partial charge in [0, 0.05) is 10.0 Å². The standard InChI is InChI=1S/C25H22BrN3O6/c26-17-7-3-13(4-8-17)22(31)28-27-19(30)12-35-25(34)14-5-9-18(10-6-14)29-23(32)20-15-1-2-16(11-15)21(20)24(29)33/h3-10,15-16,20-21H,1-2,11-12H2,(H,27,30)(H,28,31)/t15-,16-,20+,21+/m0/s1. The van der Waals surface area contributed by atoms with Crippen molar-refractivity contribution < 1.29 is 28.7 Å². The van der Waals surface area contributed by atoms with E-state index in [9.17, 15) is 24.0 Å². The summed E-state index contributed by atoms with van der Waals surface area (Å²) >= 11 is 3.27. The number of esters is 1. The molecule has 0 aromatic heterocycles. The molecule has 0 unspecified atom stereocenters. The number of ether oxygens (including phenoxy) is 1. The fourth-order valence-electron chi connectivity index (χ4n) is 5.46. The van der Waals surface area contributed by atoms with Crippen LogP contribution in [0.5, 0.6) is 0 Å². The lowest BCUT2D eigenvalue weighted by Gasteiger charge is -2.19. The van der Waals surface area contributed by atoms with E-state index in [0.29, 0.717) is 23.1 Å². The van der Waals surface area contributed by atoms with Crippen LogP contribution in [0.15, 0.2) is 53.0 Å². The summed E-state index contributed by atoms with van der Waals surface area (Å²) in [4.78, 5) is 63.4. The lowest BCUT2D eigenvalue weighted by atomic mass is 9.81. The molecule has 1 aliphatic heterocycles. The molecule has 3 fully saturated rings. The van der Waals surface area contributed by atoms with E-state index in [1.54, 1.807) is 24.3 Å². The summed E-state index contributed by atoms with van der Waals surface area (Å²) in [5, 5.41) is 0. The number of anilines is 1. The summed E-state index contributed by atoms with van der Waals surface area (Å²) in [7, 11) is 0. The van der Waals surface area contributed by atoms with Gasteiger partial charge in [-0.1, -0.05) is 15.9 Å². The Morgan fingerprint density at radius 3 is 2.03 bits per heavy atom. The van der Waals surface area contributed by atoms with Gasteiger partial charge in [-0.2, -0.15) is 0 Å². The fraction of sp³-hybridized carbons (Fsp3) is 0.320. The Bertz CT molecular complexity index is 1180. The lowest BCUT2D eigenvalue weighted by molar-refractivity contribution is -0.125. The van der Waals surface area contributed by atoms with Crippen LogP contribution in [0.3, 0.4) is 0 Å². The monoisotopic (exact) mass is 539 g/mol. The third kappa shape index (κ3) is 4.34. The zero-order chi connectivity index (χ0) is 24.7. The summed E-state index contributed by atoms with van der Waals surface area (Å²) in [5.41, 5.74) is 5.36. The molecule has 0 spiro atoms. The molecule has 2 bridgehead atoms. The number of halogens is 1.